The second-order valence-corrected chi connectivity index (χ2v) is 4.26. The van der Waals surface area contributed by atoms with Gasteiger partial charge in [-0.25, -0.2) is 4.79 Å². The largest absolute Gasteiger partial charge is 0.388 e. The van der Waals surface area contributed by atoms with Gasteiger partial charge in [-0.1, -0.05) is 11.6 Å². The molecule has 17 heavy (non-hydrogen) atoms. The molecule has 94 valence electrons. The summed E-state index contributed by atoms with van der Waals surface area (Å²) in [7, 11) is 0. The Morgan fingerprint density at radius 2 is 2.06 bits per heavy atom. The molecule has 0 radical (unpaired) electrons. The number of nitrogens with zero attached hydrogens (tertiary/aromatic N) is 1. The van der Waals surface area contributed by atoms with Crippen molar-refractivity contribution >= 4 is 11.6 Å². The summed E-state index contributed by atoms with van der Waals surface area (Å²) in [5, 5.41) is 19.0. The second kappa shape index (κ2) is 4.26. The zero-order valence-electron chi connectivity index (χ0n) is 8.83. The summed E-state index contributed by atoms with van der Waals surface area (Å²) in [5.74, 6) is 0. The molecule has 0 bridgehead atoms. The van der Waals surface area contributed by atoms with Crippen molar-refractivity contribution in [2.75, 3.05) is 0 Å². The van der Waals surface area contributed by atoms with Gasteiger partial charge in [-0.05, 0) is 6.92 Å². The minimum atomic E-state index is -1.26. The van der Waals surface area contributed by atoms with E-state index in [1.165, 1.54) is 0 Å². The van der Waals surface area contributed by atoms with E-state index in [2.05, 4.69) is 0 Å². The number of aromatic amines is 1. The number of aliphatic hydroxyl groups excluding tert-OH is 2. The van der Waals surface area contributed by atoms with Gasteiger partial charge in [-0.2, -0.15) is 0 Å². The number of aliphatic hydroxyl groups is 2. The number of halogens is 1. The number of hydrogen-bond donors (Lipinski definition) is 3. The van der Waals surface area contributed by atoms with Crippen molar-refractivity contribution in [3.05, 3.63) is 32.1 Å². The molecule has 1 aromatic rings. The molecular weight excluding hydrogens is 252 g/mol. The van der Waals surface area contributed by atoms with Crippen LogP contribution in [0.15, 0.2) is 15.8 Å². The fraction of sp³-hybridized carbons (Fsp3) is 0.556. The summed E-state index contributed by atoms with van der Waals surface area (Å²) in [5.41, 5.74) is -1.47. The van der Waals surface area contributed by atoms with Crippen LogP contribution in [0, 0.1) is 0 Å². The average molecular weight is 263 g/mol. The van der Waals surface area contributed by atoms with Gasteiger partial charge in [-0.15, -0.1) is 0 Å². The molecule has 1 fully saturated rings. The van der Waals surface area contributed by atoms with E-state index in [9.17, 15) is 19.8 Å². The molecule has 0 amide bonds. The molecule has 1 aliphatic rings. The Kier molecular flexibility index (Phi) is 3.09. The highest BCUT2D eigenvalue weighted by Crippen LogP contribution is 2.27. The zero-order chi connectivity index (χ0) is 12.7. The predicted octanol–water partition coefficient (Wildman–Crippen LogP) is -1.17. The van der Waals surface area contributed by atoms with Crippen LogP contribution in [-0.2, 0) is 4.74 Å². The van der Waals surface area contributed by atoms with Crippen LogP contribution < -0.4 is 11.2 Å². The summed E-state index contributed by atoms with van der Waals surface area (Å²) in [6.07, 6.45) is -2.97. The fourth-order valence-corrected chi connectivity index (χ4v) is 1.86. The SMILES string of the molecule is C[C@H]1O[C@@H](n2cc(Cl)c(=O)[nH]c2=O)C(O)[C@H]1O. The van der Waals surface area contributed by atoms with Crippen molar-refractivity contribution in [2.45, 2.75) is 31.5 Å². The fourth-order valence-electron chi connectivity index (χ4n) is 1.71. The first-order valence-electron chi connectivity index (χ1n) is 4.94. The Hall–Kier alpha value is -1.15. The maximum absolute atomic E-state index is 11.5. The van der Waals surface area contributed by atoms with Gasteiger partial charge in [0.2, 0.25) is 0 Å². The Balaban J connectivity index is 2.46. The van der Waals surface area contributed by atoms with Crippen LogP contribution in [0.1, 0.15) is 13.2 Å². The number of nitrogens with one attached hydrogen (secondary N) is 1. The third-order valence-corrected chi connectivity index (χ3v) is 2.94. The van der Waals surface area contributed by atoms with Crippen molar-refractivity contribution in [1.29, 1.82) is 0 Å². The summed E-state index contributed by atoms with van der Waals surface area (Å²) in [6.45, 7) is 1.56. The molecule has 2 heterocycles. The molecule has 1 aliphatic heterocycles. The van der Waals surface area contributed by atoms with E-state index in [-0.39, 0.29) is 5.02 Å². The first kappa shape index (κ1) is 12.3. The van der Waals surface area contributed by atoms with Crippen LogP contribution in [0.4, 0.5) is 0 Å². The van der Waals surface area contributed by atoms with E-state index < -0.39 is 35.8 Å². The van der Waals surface area contributed by atoms with E-state index in [0.717, 1.165) is 10.8 Å². The lowest BCUT2D eigenvalue weighted by Crippen LogP contribution is -2.37. The smallest absolute Gasteiger partial charge is 0.330 e. The molecule has 1 aromatic heterocycles. The lowest BCUT2D eigenvalue weighted by Gasteiger charge is -2.16. The van der Waals surface area contributed by atoms with E-state index in [1.807, 2.05) is 4.98 Å². The van der Waals surface area contributed by atoms with Crippen molar-refractivity contribution in [1.82, 2.24) is 9.55 Å². The average Bonchev–Trinajstić information content (AvgIpc) is 2.51. The Bertz CT molecular complexity index is 539. The molecular formula is C9H11ClN2O5. The molecule has 2 rings (SSSR count). The first-order valence-corrected chi connectivity index (χ1v) is 5.32. The molecule has 0 aromatic carbocycles. The molecule has 0 saturated carbocycles. The quantitative estimate of drug-likeness (QED) is 0.591. The molecule has 8 heteroatoms. The highest BCUT2D eigenvalue weighted by molar-refractivity contribution is 6.30. The number of H-pyrrole nitrogens is 1. The first-order chi connectivity index (χ1) is 7.91. The second-order valence-electron chi connectivity index (χ2n) is 3.86. The minimum Gasteiger partial charge on any atom is -0.388 e. The minimum absolute atomic E-state index is 0.200. The van der Waals surface area contributed by atoms with Crippen LogP contribution in [0.5, 0.6) is 0 Å². The van der Waals surface area contributed by atoms with Crippen molar-refractivity contribution in [2.24, 2.45) is 0 Å². The van der Waals surface area contributed by atoms with E-state index in [4.69, 9.17) is 16.3 Å². The highest BCUT2D eigenvalue weighted by atomic mass is 35.5. The Labute approximate surface area is 100 Å². The third kappa shape index (κ3) is 2.02. The molecule has 3 N–H and O–H groups in total. The molecule has 0 spiro atoms. The van der Waals surface area contributed by atoms with Crippen molar-refractivity contribution < 1.29 is 14.9 Å². The molecule has 1 unspecified atom stereocenters. The maximum Gasteiger partial charge on any atom is 0.330 e. The van der Waals surface area contributed by atoms with E-state index >= 15 is 0 Å². The van der Waals surface area contributed by atoms with Gasteiger partial charge in [0.1, 0.15) is 17.2 Å². The summed E-state index contributed by atoms with van der Waals surface area (Å²) in [4.78, 5) is 24.6. The number of aromatic nitrogens is 2. The highest BCUT2D eigenvalue weighted by Gasteiger charge is 2.41. The lowest BCUT2D eigenvalue weighted by atomic mass is 10.1. The molecule has 4 atom stereocenters. The number of ether oxygens (including phenoxy) is 1. The molecule has 0 aliphatic carbocycles. The van der Waals surface area contributed by atoms with Gasteiger partial charge in [-0.3, -0.25) is 14.3 Å². The topological polar surface area (TPSA) is 105 Å². The summed E-state index contributed by atoms with van der Waals surface area (Å²) < 4.78 is 6.18. The van der Waals surface area contributed by atoms with Crippen LogP contribution in [-0.4, -0.2) is 38.1 Å². The Morgan fingerprint density at radius 1 is 1.41 bits per heavy atom. The maximum atomic E-state index is 11.5. The normalized spacial score (nSPS) is 32.9. The predicted molar refractivity (Wildman–Crippen MR) is 57.9 cm³/mol. The van der Waals surface area contributed by atoms with E-state index in [0.29, 0.717) is 0 Å². The molecule has 7 nitrogen and oxygen atoms in total. The van der Waals surface area contributed by atoms with Crippen LogP contribution >= 0.6 is 11.6 Å². The zero-order valence-corrected chi connectivity index (χ0v) is 9.59. The number of hydrogen-bond acceptors (Lipinski definition) is 5. The van der Waals surface area contributed by atoms with Gasteiger partial charge in [0.15, 0.2) is 6.23 Å². The van der Waals surface area contributed by atoms with Crippen molar-refractivity contribution in [3.63, 3.8) is 0 Å². The van der Waals surface area contributed by atoms with Crippen LogP contribution in [0.3, 0.4) is 0 Å². The van der Waals surface area contributed by atoms with E-state index in [1.54, 1.807) is 6.92 Å². The van der Waals surface area contributed by atoms with Gasteiger partial charge >= 0.3 is 5.69 Å². The standard InChI is InChI=1S/C9H11ClN2O5/c1-3-5(13)6(14)8(17-3)12-2-4(10)7(15)11-9(12)16/h2-3,5-6,8,13-14H,1H3,(H,11,15,16)/t3-,5+,6?,8-/m1/s1. The number of rotatable bonds is 1. The van der Waals surface area contributed by atoms with Crippen LogP contribution in [0.2, 0.25) is 5.02 Å². The van der Waals surface area contributed by atoms with Gasteiger partial charge < -0.3 is 14.9 Å². The third-order valence-electron chi connectivity index (χ3n) is 2.68. The Morgan fingerprint density at radius 3 is 2.59 bits per heavy atom. The summed E-state index contributed by atoms with van der Waals surface area (Å²) in [6, 6.07) is 0. The monoisotopic (exact) mass is 262 g/mol. The van der Waals surface area contributed by atoms with Gasteiger partial charge in [0.05, 0.1) is 6.10 Å². The molecule has 1 saturated heterocycles. The van der Waals surface area contributed by atoms with Crippen LogP contribution in [0.25, 0.3) is 0 Å². The van der Waals surface area contributed by atoms with Crippen molar-refractivity contribution in [3.8, 4) is 0 Å². The van der Waals surface area contributed by atoms with Gasteiger partial charge in [0, 0.05) is 6.20 Å². The van der Waals surface area contributed by atoms with Gasteiger partial charge in [0.25, 0.3) is 5.56 Å². The summed E-state index contributed by atoms with van der Waals surface area (Å²) >= 11 is 5.58. The lowest BCUT2D eigenvalue weighted by molar-refractivity contribution is -0.0351.